The number of carbonyl (C=O) groups excluding carboxylic acids is 1. The molecule has 0 radical (unpaired) electrons. The molecule has 0 aliphatic heterocycles. The van der Waals surface area contributed by atoms with E-state index in [1.54, 1.807) is 60.7 Å². The first-order valence-electron chi connectivity index (χ1n) is 9.46. The monoisotopic (exact) mass is 580 g/mol. The molecule has 0 fully saturated rings. The predicted molar refractivity (Wildman–Crippen MR) is 129 cm³/mol. The molecule has 0 amide bonds. The number of ether oxygens (including phenoxy) is 1. The first kappa shape index (κ1) is 24.1. The number of carbonyl (C=O) groups is 1. The molecule has 0 aliphatic rings. The molecule has 0 heterocycles. The smallest absolute Gasteiger partial charge is 0.460 e. The lowest BCUT2D eigenvalue weighted by molar-refractivity contribution is -0.144. The quantitative estimate of drug-likeness (QED) is 0.141. The first-order valence-corrected chi connectivity index (χ1v) is 12.5. The van der Waals surface area contributed by atoms with Gasteiger partial charge in [-0.05, 0) is 61.7 Å². The van der Waals surface area contributed by atoms with Gasteiger partial charge in [0.25, 0.3) is 0 Å². The second-order valence-electron chi connectivity index (χ2n) is 6.35. The largest absolute Gasteiger partial charge is 0.646 e. The lowest BCUT2D eigenvalue weighted by Crippen LogP contribution is -2.10. The summed E-state index contributed by atoms with van der Waals surface area (Å²) in [6.07, 6.45) is -0.307. The Morgan fingerprint density at radius 2 is 1.22 bits per heavy atom. The van der Waals surface area contributed by atoms with Crippen LogP contribution in [0.1, 0.15) is 12.0 Å². The van der Waals surface area contributed by atoms with Crippen LogP contribution in [0.15, 0.2) is 100 Å². The lowest BCUT2D eigenvalue weighted by atomic mass is 10.2. The van der Waals surface area contributed by atoms with Crippen LogP contribution in [0.2, 0.25) is 0 Å². The van der Waals surface area contributed by atoms with E-state index in [0.29, 0.717) is 0 Å². The van der Waals surface area contributed by atoms with Crippen molar-refractivity contribution >= 4 is 45.7 Å². The van der Waals surface area contributed by atoms with Crippen molar-refractivity contribution < 1.29 is 27.7 Å². The maximum atomic E-state index is 13.5. The molecule has 0 bridgehead atoms. The highest BCUT2D eigenvalue weighted by Gasteiger charge is 2.35. The van der Waals surface area contributed by atoms with Gasteiger partial charge in [0.15, 0.2) is 0 Å². The molecule has 9 heteroatoms. The van der Waals surface area contributed by atoms with Gasteiger partial charge >= 0.3 is 13.8 Å². The third-order valence-corrected chi connectivity index (χ3v) is 6.10. The Morgan fingerprint density at radius 3 is 1.69 bits per heavy atom. The number of halogens is 2. The van der Waals surface area contributed by atoms with Crippen LogP contribution in [-0.4, -0.2) is 5.97 Å². The molecule has 32 heavy (non-hydrogen) atoms. The summed E-state index contributed by atoms with van der Waals surface area (Å²) in [5, 5.41) is 0. The van der Waals surface area contributed by atoms with Crippen LogP contribution in [0.25, 0.3) is 0 Å². The van der Waals surface area contributed by atoms with Crippen LogP contribution in [0.5, 0.6) is 11.5 Å². The lowest BCUT2D eigenvalue weighted by Gasteiger charge is -2.21. The molecule has 0 saturated heterocycles. The van der Waals surface area contributed by atoms with Crippen molar-refractivity contribution in [3.63, 3.8) is 0 Å². The van der Waals surface area contributed by atoms with Crippen LogP contribution in [0.3, 0.4) is 0 Å². The van der Waals surface area contributed by atoms with Gasteiger partial charge in [-0.25, -0.2) is 0 Å². The number of hydrogen-bond acceptors (Lipinski definition) is 6. The first-order chi connectivity index (χ1) is 15.4. The van der Waals surface area contributed by atoms with Crippen molar-refractivity contribution in [3.05, 3.63) is 106 Å². The molecule has 3 rings (SSSR count). The molecule has 0 unspecified atom stereocenters. The molecule has 6 nitrogen and oxygen atoms in total. The molecule has 166 valence electrons. The fourth-order valence-electron chi connectivity index (χ4n) is 2.47. The Labute approximate surface area is 203 Å². The normalized spacial score (nSPS) is 10.7. The van der Waals surface area contributed by atoms with Gasteiger partial charge in [-0.15, -0.1) is 0 Å². The molecular weight excluding hydrogens is 563 g/mol. The third-order valence-electron chi connectivity index (χ3n) is 3.90. The number of benzene rings is 3. The zero-order valence-corrected chi connectivity index (χ0v) is 20.8. The summed E-state index contributed by atoms with van der Waals surface area (Å²) in [5.41, 5.74) is 0.843. The van der Waals surface area contributed by atoms with Crippen LogP contribution < -0.4 is 9.05 Å². The molecule has 0 aliphatic carbocycles. The van der Waals surface area contributed by atoms with Crippen LogP contribution in [0, 0.1) is 0 Å². The number of phosphoric ester groups is 1. The van der Waals surface area contributed by atoms with Crippen molar-refractivity contribution in [1.82, 2.24) is 0 Å². The number of esters is 1. The standard InChI is InChI=1S/C23H19Br2O6P/c24-23(25)21(16-22(26)28-17-18-10-4-1-5-11-18)31-32(27,29-19-12-6-2-7-13-19)30-20-14-8-3-9-15-20/h1-15H,16-17H2. The fourth-order valence-corrected chi connectivity index (χ4v) is 4.46. The van der Waals surface area contributed by atoms with Gasteiger partial charge < -0.3 is 18.3 Å². The summed E-state index contributed by atoms with van der Waals surface area (Å²) in [4.78, 5) is 12.4. The van der Waals surface area contributed by atoms with E-state index >= 15 is 0 Å². The molecule has 0 spiro atoms. The zero-order chi connectivity index (χ0) is 22.8. The highest BCUT2D eigenvalue weighted by atomic mass is 79.9. The van der Waals surface area contributed by atoms with E-state index in [9.17, 15) is 9.36 Å². The van der Waals surface area contributed by atoms with Crippen molar-refractivity contribution in [2.45, 2.75) is 13.0 Å². The average Bonchev–Trinajstić information content (AvgIpc) is 2.79. The summed E-state index contributed by atoms with van der Waals surface area (Å²) in [6.45, 7) is 0.103. The maximum absolute atomic E-state index is 13.5. The van der Waals surface area contributed by atoms with E-state index in [4.69, 9.17) is 18.3 Å². The highest BCUT2D eigenvalue weighted by molar-refractivity contribution is 9.28. The predicted octanol–water partition coefficient (Wildman–Crippen LogP) is 7.36. The molecular formula is C23H19Br2O6P. The Morgan fingerprint density at radius 1 is 0.750 bits per heavy atom. The minimum absolute atomic E-state index is 0.00161. The topological polar surface area (TPSA) is 71.1 Å². The third kappa shape index (κ3) is 7.86. The number of para-hydroxylation sites is 2. The Bertz CT molecular complexity index is 1040. The van der Waals surface area contributed by atoms with Gasteiger partial charge in [0.1, 0.15) is 30.3 Å². The van der Waals surface area contributed by atoms with Gasteiger partial charge in [0.2, 0.25) is 0 Å². The van der Waals surface area contributed by atoms with E-state index in [-0.39, 0.29) is 33.7 Å². The van der Waals surface area contributed by atoms with Crippen molar-refractivity contribution in [3.8, 4) is 11.5 Å². The second kappa shape index (κ2) is 11.9. The van der Waals surface area contributed by atoms with Crippen LogP contribution >= 0.6 is 39.7 Å². The Kier molecular flexibility index (Phi) is 8.97. The number of rotatable bonds is 10. The van der Waals surface area contributed by atoms with E-state index in [0.717, 1.165) is 5.56 Å². The molecule has 0 N–H and O–H groups in total. The van der Waals surface area contributed by atoms with Crippen molar-refractivity contribution in [2.24, 2.45) is 0 Å². The van der Waals surface area contributed by atoms with Crippen molar-refractivity contribution in [2.75, 3.05) is 0 Å². The second-order valence-corrected chi connectivity index (χ2v) is 10.4. The summed E-state index contributed by atoms with van der Waals surface area (Å²) >= 11 is 6.44. The van der Waals surface area contributed by atoms with E-state index < -0.39 is 13.8 Å². The van der Waals surface area contributed by atoms with Gasteiger partial charge in [-0.3, -0.25) is 4.79 Å². The summed E-state index contributed by atoms with van der Waals surface area (Å²) in [7, 11) is -4.23. The number of hydrogen-bond donors (Lipinski definition) is 0. The average molecular weight is 582 g/mol. The minimum atomic E-state index is -4.23. The number of phosphoric acid groups is 1. The van der Waals surface area contributed by atoms with E-state index in [1.807, 2.05) is 30.3 Å². The molecule has 0 saturated carbocycles. The molecule has 3 aromatic rings. The Hall–Kier alpha value is -2.54. The maximum Gasteiger partial charge on any atom is 0.646 e. The van der Waals surface area contributed by atoms with Gasteiger partial charge in [0, 0.05) is 0 Å². The van der Waals surface area contributed by atoms with Crippen LogP contribution in [0.4, 0.5) is 0 Å². The summed E-state index contributed by atoms with van der Waals surface area (Å²) in [5.74, 6) is -0.0172. The van der Waals surface area contributed by atoms with Crippen LogP contribution in [-0.2, 0) is 25.2 Å². The van der Waals surface area contributed by atoms with E-state index in [1.165, 1.54) is 0 Å². The highest BCUT2D eigenvalue weighted by Crippen LogP contribution is 2.52. The molecule has 0 atom stereocenters. The molecule has 3 aromatic carbocycles. The fraction of sp³-hybridized carbons (Fsp3) is 0.0870. The Balaban J connectivity index is 1.74. The summed E-state index contributed by atoms with van der Waals surface area (Å²) < 4.78 is 35.9. The minimum Gasteiger partial charge on any atom is -0.460 e. The summed E-state index contributed by atoms with van der Waals surface area (Å²) in [6, 6.07) is 26.2. The van der Waals surface area contributed by atoms with Gasteiger partial charge in [0.05, 0.1) is 3.39 Å². The SMILES string of the molecule is O=C(CC(OP(=O)(Oc1ccccc1)Oc1ccccc1)=C(Br)Br)OCc1ccccc1. The van der Waals surface area contributed by atoms with Crippen molar-refractivity contribution in [1.29, 1.82) is 0 Å². The zero-order valence-electron chi connectivity index (χ0n) is 16.7. The van der Waals surface area contributed by atoms with E-state index in [2.05, 4.69) is 31.9 Å². The molecule has 0 aromatic heterocycles. The van der Waals surface area contributed by atoms with Gasteiger partial charge in [-0.1, -0.05) is 66.7 Å². The van der Waals surface area contributed by atoms with Gasteiger partial charge in [-0.2, -0.15) is 4.57 Å².